The molecule has 2 nitrogen and oxygen atoms in total. The molecule has 126 valence electrons. The van der Waals surface area contributed by atoms with E-state index in [1.54, 1.807) is 0 Å². The van der Waals surface area contributed by atoms with Crippen molar-refractivity contribution < 1.29 is 4.79 Å². The Morgan fingerprint density at radius 2 is 1.68 bits per heavy atom. The number of rotatable bonds is 7. The Morgan fingerprint density at radius 1 is 1.14 bits per heavy atom. The van der Waals surface area contributed by atoms with E-state index in [9.17, 15) is 4.79 Å². The molecule has 1 amide bonds. The van der Waals surface area contributed by atoms with Crippen LogP contribution >= 0.6 is 23.4 Å². The van der Waals surface area contributed by atoms with Crippen LogP contribution in [0.4, 0.5) is 0 Å². The van der Waals surface area contributed by atoms with Crippen molar-refractivity contribution in [2.45, 2.75) is 52.4 Å². The Labute approximate surface area is 145 Å². The summed E-state index contributed by atoms with van der Waals surface area (Å²) < 4.78 is 0. The van der Waals surface area contributed by atoms with Crippen LogP contribution in [0.25, 0.3) is 0 Å². The zero-order valence-corrected chi connectivity index (χ0v) is 16.1. The van der Waals surface area contributed by atoms with E-state index >= 15 is 0 Å². The van der Waals surface area contributed by atoms with Crippen molar-refractivity contribution in [1.82, 2.24) is 5.32 Å². The molecule has 0 saturated carbocycles. The fourth-order valence-electron chi connectivity index (χ4n) is 1.47. The molecule has 0 saturated heterocycles. The van der Waals surface area contributed by atoms with Crippen molar-refractivity contribution in [3.63, 3.8) is 0 Å². The first-order valence-electron chi connectivity index (χ1n) is 7.96. The highest BCUT2D eigenvalue weighted by molar-refractivity contribution is 8.00. The Balaban J connectivity index is 0.000000980. The summed E-state index contributed by atoms with van der Waals surface area (Å²) >= 11 is 7.33. The van der Waals surface area contributed by atoms with Gasteiger partial charge in [0.2, 0.25) is 5.91 Å². The quantitative estimate of drug-likeness (QED) is 0.512. The van der Waals surface area contributed by atoms with Crippen LogP contribution in [-0.4, -0.2) is 18.2 Å². The molecule has 0 radical (unpaired) electrons. The monoisotopic (exact) mass is 343 g/mol. The van der Waals surface area contributed by atoms with Gasteiger partial charge in [-0.3, -0.25) is 4.79 Å². The zero-order valence-electron chi connectivity index (χ0n) is 14.5. The van der Waals surface area contributed by atoms with Crippen LogP contribution in [0.5, 0.6) is 0 Å². The first-order chi connectivity index (χ1) is 10.3. The summed E-state index contributed by atoms with van der Waals surface area (Å²) in [5.74, 6) is 2.09. The number of thioether (sulfide) groups is 1. The molecule has 0 atom stereocenters. The summed E-state index contributed by atoms with van der Waals surface area (Å²) in [5.41, 5.74) is 0. The molecule has 1 aromatic carbocycles. The second kappa shape index (κ2) is 12.8. The van der Waals surface area contributed by atoms with Gasteiger partial charge < -0.3 is 5.32 Å². The lowest BCUT2D eigenvalue weighted by Gasteiger charge is -2.06. The maximum Gasteiger partial charge on any atom is 0.230 e. The van der Waals surface area contributed by atoms with Crippen LogP contribution in [-0.2, 0) is 4.79 Å². The summed E-state index contributed by atoms with van der Waals surface area (Å²) in [5, 5.41) is 3.65. The van der Waals surface area contributed by atoms with Crippen LogP contribution in [0.1, 0.15) is 47.5 Å². The minimum Gasteiger partial charge on any atom is -0.355 e. The van der Waals surface area contributed by atoms with Crippen LogP contribution in [0.15, 0.2) is 29.2 Å². The standard InChI is InChI=1S/C14H20ClNOS.C4H10/c1-11(2)4-3-9-16-14(17)10-18-13-7-5-12(15)6-8-13;1-4(2)3/h5-8,11H,3-4,9-10H2,1-2H3,(H,16,17);4H,1-3H3. The van der Waals surface area contributed by atoms with Gasteiger partial charge in [-0.2, -0.15) is 0 Å². The van der Waals surface area contributed by atoms with Crippen LogP contribution in [0, 0.1) is 11.8 Å². The highest BCUT2D eigenvalue weighted by Gasteiger charge is 2.02. The van der Waals surface area contributed by atoms with Gasteiger partial charge in [-0.15, -0.1) is 11.8 Å². The Kier molecular flexibility index (Phi) is 12.4. The summed E-state index contributed by atoms with van der Waals surface area (Å²) in [7, 11) is 0. The third kappa shape index (κ3) is 14.3. The molecular formula is C18H30ClNOS. The van der Waals surface area contributed by atoms with Gasteiger partial charge in [0.1, 0.15) is 0 Å². The van der Waals surface area contributed by atoms with Gasteiger partial charge >= 0.3 is 0 Å². The van der Waals surface area contributed by atoms with Crippen molar-refractivity contribution in [3.8, 4) is 0 Å². The number of hydrogen-bond donors (Lipinski definition) is 1. The molecule has 0 unspecified atom stereocenters. The zero-order chi connectivity index (χ0) is 17.0. The van der Waals surface area contributed by atoms with Gasteiger partial charge in [0.15, 0.2) is 0 Å². The van der Waals surface area contributed by atoms with Gasteiger partial charge in [0.05, 0.1) is 5.75 Å². The lowest BCUT2D eigenvalue weighted by Crippen LogP contribution is -2.26. The van der Waals surface area contributed by atoms with Crippen LogP contribution < -0.4 is 5.32 Å². The summed E-state index contributed by atoms with van der Waals surface area (Å²) in [4.78, 5) is 12.6. The highest BCUT2D eigenvalue weighted by atomic mass is 35.5. The molecule has 1 aromatic rings. The topological polar surface area (TPSA) is 29.1 Å². The first-order valence-corrected chi connectivity index (χ1v) is 9.32. The van der Waals surface area contributed by atoms with Crippen molar-refractivity contribution in [1.29, 1.82) is 0 Å². The third-order valence-electron chi connectivity index (χ3n) is 2.46. The molecule has 0 heterocycles. The van der Waals surface area contributed by atoms with Gasteiger partial charge in [-0.1, -0.05) is 46.2 Å². The second-order valence-corrected chi connectivity index (χ2v) is 7.85. The van der Waals surface area contributed by atoms with Gasteiger partial charge in [0.25, 0.3) is 0 Å². The van der Waals surface area contributed by atoms with Crippen molar-refractivity contribution in [2.24, 2.45) is 11.8 Å². The van der Waals surface area contributed by atoms with E-state index in [1.165, 1.54) is 11.8 Å². The van der Waals surface area contributed by atoms with E-state index in [2.05, 4.69) is 39.9 Å². The minimum atomic E-state index is 0.0960. The summed E-state index contributed by atoms with van der Waals surface area (Å²) in [6, 6.07) is 7.53. The average molecular weight is 344 g/mol. The molecule has 0 bridgehead atoms. The lowest BCUT2D eigenvalue weighted by molar-refractivity contribution is -0.118. The SMILES string of the molecule is CC(C)C.CC(C)CCCNC(=O)CSc1ccc(Cl)cc1. The predicted octanol–water partition coefficient (Wildman–Crippen LogP) is 5.65. The van der Waals surface area contributed by atoms with E-state index in [0.717, 1.165) is 35.2 Å². The number of amides is 1. The lowest BCUT2D eigenvalue weighted by atomic mass is 10.1. The fourth-order valence-corrected chi connectivity index (χ4v) is 2.32. The number of carbonyl (C=O) groups is 1. The molecule has 0 fully saturated rings. The van der Waals surface area contributed by atoms with Gasteiger partial charge in [-0.25, -0.2) is 0 Å². The molecule has 0 aliphatic carbocycles. The number of benzene rings is 1. The molecule has 22 heavy (non-hydrogen) atoms. The first kappa shape index (κ1) is 21.3. The summed E-state index contributed by atoms with van der Waals surface area (Å²) in [6.07, 6.45) is 2.21. The van der Waals surface area contributed by atoms with Gasteiger partial charge in [-0.05, 0) is 48.9 Å². The molecular weight excluding hydrogens is 314 g/mol. The van der Waals surface area contributed by atoms with Crippen molar-refractivity contribution >= 4 is 29.3 Å². The number of halogens is 1. The fraction of sp³-hybridized carbons (Fsp3) is 0.611. The number of nitrogens with one attached hydrogen (secondary N) is 1. The summed E-state index contributed by atoms with van der Waals surface area (Å²) in [6.45, 7) is 11.7. The maximum absolute atomic E-state index is 11.6. The van der Waals surface area contributed by atoms with E-state index in [4.69, 9.17) is 11.6 Å². The van der Waals surface area contributed by atoms with Crippen LogP contribution in [0.2, 0.25) is 5.02 Å². The number of hydrogen-bond acceptors (Lipinski definition) is 2. The Hall–Kier alpha value is -0.670. The maximum atomic E-state index is 11.6. The van der Waals surface area contributed by atoms with E-state index in [0.29, 0.717) is 11.7 Å². The van der Waals surface area contributed by atoms with Crippen molar-refractivity contribution in [2.75, 3.05) is 12.3 Å². The Morgan fingerprint density at radius 3 is 2.18 bits per heavy atom. The smallest absolute Gasteiger partial charge is 0.230 e. The van der Waals surface area contributed by atoms with E-state index in [-0.39, 0.29) is 5.91 Å². The minimum absolute atomic E-state index is 0.0960. The number of carbonyl (C=O) groups excluding carboxylic acids is 1. The highest BCUT2D eigenvalue weighted by Crippen LogP contribution is 2.19. The largest absolute Gasteiger partial charge is 0.355 e. The van der Waals surface area contributed by atoms with Crippen LogP contribution in [0.3, 0.4) is 0 Å². The second-order valence-electron chi connectivity index (χ2n) is 6.36. The van der Waals surface area contributed by atoms with Gasteiger partial charge in [0, 0.05) is 16.5 Å². The molecule has 1 rings (SSSR count). The third-order valence-corrected chi connectivity index (χ3v) is 3.73. The normalized spacial score (nSPS) is 10.4. The molecule has 1 N–H and O–H groups in total. The predicted molar refractivity (Wildman–Crippen MR) is 99.8 cm³/mol. The molecule has 0 aliphatic rings. The molecule has 0 spiro atoms. The average Bonchev–Trinajstić information content (AvgIpc) is 2.42. The molecule has 0 aliphatic heterocycles. The van der Waals surface area contributed by atoms with E-state index < -0.39 is 0 Å². The van der Waals surface area contributed by atoms with Crippen molar-refractivity contribution in [3.05, 3.63) is 29.3 Å². The van der Waals surface area contributed by atoms with E-state index in [1.807, 2.05) is 24.3 Å². The molecule has 0 aromatic heterocycles. The Bertz CT molecular complexity index is 401. The molecule has 4 heteroatoms.